The number of hydrogen-bond acceptors (Lipinski definition) is 3. The summed E-state index contributed by atoms with van der Waals surface area (Å²) in [4.78, 5) is 4.66. The largest absolute Gasteiger partial charge is 0.348 e. The highest BCUT2D eigenvalue weighted by Crippen LogP contribution is 2.42. The third-order valence-corrected chi connectivity index (χ3v) is 4.63. The smallest absolute Gasteiger partial charge is 0.168 e. The number of hydrogen-bond donors (Lipinski definition) is 0. The normalized spacial score (nSPS) is 22.6. The number of ether oxygens (including phenoxy) is 2. The van der Waals surface area contributed by atoms with E-state index in [1.807, 2.05) is 6.20 Å². The molecule has 0 amide bonds. The molecule has 20 heavy (non-hydrogen) atoms. The van der Waals surface area contributed by atoms with Gasteiger partial charge in [-0.15, -0.1) is 0 Å². The molecule has 0 atom stereocenters. The standard InChI is InChI=1S/C17H19NO2/c1-2-4-15-12-18-16(11-14(15)3-1)13-5-7-17(8-6-13)19-9-10-20-17/h1-4,11-13H,5-10H2. The van der Waals surface area contributed by atoms with Gasteiger partial charge in [-0.1, -0.05) is 24.3 Å². The second-order valence-electron chi connectivity index (χ2n) is 5.84. The summed E-state index contributed by atoms with van der Waals surface area (Å²) in [5.74, 6) is 0.269. The lowest BCUT2D eigenvalue weighted by Crippen LogP contribution is -2.34. The average Bonchev–Trinajstić information content (AvgIpc) is 2.96. The molecule has 0 radical (unpaired) electrons. The second-order valence-corrected chi connectivity index (χ2v) is 5.84. The van der Waals surface area contributed by atoms with Crippen LogP contribution in [-0.2, 0) is 9.47 Å². The van der Waals surface area contributed by atoms with E-state index in [0.717, 1.165) is 38.9 Å². The van der Waals surface area contributed by atoms with Crippen molar-refractivity contribution in [1.82, 2.24) is 4.98 Å². The predicted octanol–water partition coefficient (Wildman–Crippen LogP) is 3.64. The van der Waals surface area contributed by atoms with E-state index in [9.17, 15) is 0 Å². The molecule has 1 aromatic heterocycles. The number of aromatic nitrogens is 1. The van der Waals surface area contributed by atoms with Crippen molar-refractivity contribution < 1.29 is 9.47 Å². The van der Waals surface area contributed by atoms with Crippen LogP contribution in [0.25, 0.3) is 10.8 Å². The first kappa shape index (κ1) is 12.3. The first-order valence-electron chi connectivity index (χ1n) is 7.47. The molecule has 3 heteroatoms. The monoisotopic (exact) mass is 269 g/mol. The van der Waals surface area contributed by atoms with Gasteiger partial charge in [0.05, 0.1) is 13.2 Å². The molecule has 1 saturated carbocycles. The van der Waals surface area contributed by atoms with Crippen molar-refractivity contribution in [2.24, 2.45) is 0 Å². The summed E-state index contributed by atoms with van der Waals surface area (Å²) < 4.78 is 11.6. The number of rotatable bonds is 1. The molecule has 1 aliphatic carbocycles. The minimum atomic E-state index is -0.270. The van der Waals surface area contributed by atoms with Gasteiger partial charge in [0.25, 0.3) is 0 Å². The van der Waals surface area contributed by atoms with E-state index < -0.39 is 0 Å². The molecule has 1 spiro atoms. The van der Waals surface area contributed by atoms with Crippen molar-refractivity contribution in [2.45, 2.75) is 37.4 Å². The Labute approximate surface area is 118 Å². The van der Waals surface area contributed by atoms with E-state index >= 15 is 0 Å². The molecule has 2 aliphatic rings. The number of fused-ring (bicyclic) bond motifs is 1. The quantitative estimate of drug-likeness (QED) is 0.792. The molecule has 2 heterocycles. The molecular formula is C17H19NO2. The van der Waals surface area contributed by atoms with E-state index in [-0.39, 0.29) is 5.79 Å². The van der Waals surface area contributed by atoms with Gasteiger partial charge in [0, 0.05) is 36.0 Å². The van der Waals surface area contributed by atoms with E-state index in [4.69, 9.17) is 9.47 Å². The zero-order chi connectivity index (χ0) is 13.4. The van der Waals surface area contributed by atoms with Gasteiger partial charge in [0.1, 0.15) is 0 Å². The van der Waals surface area contributed by atoms with Gasteiger partial charge >= 0.3 is 0 Å². The van der Waals surface area contributed by atoms with E-state index in [2.05, 4.69) is 35.3 Å². The van der Waals surface area contributed by atoms with Gasteiger partial charge in [-0.05, 0) is 24.3 Å². The molecule has 104 valence electrons. The van der Waals surface area contributed by atoms with E-state index in [1.165, 1.54) is 16.5 Å². The fourth-order valence-corrected chi connectivity index (χ4v) is 3.46. The molecule has 3 nitrogen and oxygen atoms in total. The Bertz CT molecular complexity index is 609. The van der Waals surface area contributed by atoms with Crippen molar-refractivity contribution in [3.63, 3.8) is 0 Å². The van der Waals surface area contributed by atoms with Crippen LogP contribution in [0, 0.1) is 0 Å². The Kier molecular flexibility index (Phi) is 2.97. The Morgan fingerprint density at radius 1 is 1.00 bits per heavy atom. The van der Waals surface area contributed by atoms with Crippen LogP contribution in [0.2, 0.25) is 0 Å². The summed E-state index contributed by atoms with van der Waals surface area (Å²) in [5, 5.41) is 2.50. The van der Waals surface area contributed by atoms with Crippen LogP contribution in [0.3, 0.4) is 0 Å². The maximum Gasteiger partial charge on any atom is 0.168 e. The molecule has 1 aromatic carbocycles. The van der Waals surface area contributed by atoms with Gasteiger partial charge in [0.2, 0.25) is 0 Å². The lowest BCUT2D eigenvalue weighted by Gasteiger charge is -2.35. The van der Waals surface area contributed by atoms with Gasteiger partial charge in [-0.3, -0.25) is 4.98 Å². The van der Waals surface area contributed by atoms with E-state index in [1.54, 1.807) is 0 Å². The third-order valence-electron chi connectivity index (χ3n) is 4.63. The van der Waals surface area contributed by atoms with Crippen molar-refractivity contribution in [3.05, 3.63) is 42.2 Å². The van der Waals surface area contributed by atoms with Crippen LogP contribution < -0.4 is 0 Å². The van der Waals surface area contributed by atoms with Gasteiger partial charge in [0.15, 0.2) is 5.79 Å². The molecule has 1 saturated heterocycles. The van der Waals surface area contributed by atoms with Crippen LogP contribution in [0.1, 0.15) is 37.3 Å². The second kappa shape index (κ2) is 4.83. The minimum Gasteiger partial charge on any atom is -0.348 e. The molecule has 2 aromatic rings. The number of benzene rings is 1. The summed E-state index contributed by atoms with van der Waals surface area (Å²) in [6.07, 6.45) is 6.19. The summed E-state index contributed by atoms with van der Waals surface area (Å²) in [6.45, 7) is 1.50. The Hall–Kier alpha value is -1.45. The lowest BCUT2D eigenvalue weighted by atomic mass is 9.82. The highest BCUT2D eigenvalue weighted by atomic mass is 16.7. The predicted molar refractivity (Wildman–Crippen MR) is 77.6 cm³/mol. The molecule has 4 rings (SSSR count). The average molecular weight is 269 g/mol. The summed E-state index contributed by atoms with van der Waals surface area (Å²) >= 11 is 0. The fraction of sp³-hybridized carbons (Fsp3) is 0.471. The molecule has 0 unspecified atom stereocenters. The summed E-state index contributed by atoms with van der Waals surface area (Å²) in [6, 6.07) is 10.7. The van der Waals surface area contributed by atoms with Crippen molar-refractivity contribution in [2.75, 3.05) is 13.2 Å². The van der Waals surface area contributed by atoms with Crippen LogP contribution in [0.15, 0.2) is 36.5 Å². The van der Waals surface area contributed by atoms with Crippen LogP contribution in [0.4, 0.5) is 0 Å². The Morgan fingerprint density at radius 2 is 1.70 bits per heavy atom. The number of pyridine rings is 1. The maximum absolute atomic E-state index is 5.79. The molecule has 0 N–H and O–H groups in total. The lowest BCUT2D eigenvalue weighted by molar-refractivity contribution is -0.178. The first-order valence-corrected chi connectivity index (χ1v) is 7.47. The molecule has 2 fully saturated rings. The van der Waals surface area contributed by atoms with Crippen LogP contribution >= 0.6 is 0 Å². The highest BCUT2D eigenvalue weighted by Gasteiger charge is 2.40. The maximum atomic E-state index is 5.79. The zero-order valence-electron chi connectivity index (χ0n) is 11.5. The van der Waals surface area contributed by atoms with Crippen molar-refractivity contribution in [3.8, 4) is 0 Å². The van der Waals surface area contributed by atoms with Gasteiger partial charge in [-0.25, -0.2) is 0 Å². The third kappa shape index (κ3) is 2.11. The fourth-order valence-electron chi connectivity index (χ4n) is 3.46. The van der Waals surface area contributed by atoms with Crippen LogP contribution in [0.5, 0.6) is 0 Å². The van der Waals surface area contributed by atoms with Gasteiger partial charge < -0.3 is 9.47 Å². The zero-order valence-corrected chi connectivity index (χ0v) is 11.5. The summed E-state index contributed by atoms with van der Waals surface area (Å²) in [7, 11) is 0. The SMILES string of the molecule is c1ccc2cc(C3CCC4(CC3)OCCO4)ncc2c1. The minimum absolute atomic E-state index is 0.270. The summed E-state index contributed by atoms with van der Waals surface area (Å²) in [5.41, 5.74) is 1.22. The first-order chi connectivity index (χ1) is 9.85. The topological polar surface area (TPSA) is 31.4 Å². The molecular weight excluding hydrogens is 250 g/mol. The van der Waals surface area contributed by atoms with E-state index in [0.29, 0.717) is 5.92 Å². The number of nitrogens with zero attached hydrogens (tertiary/aromatic N) is 1. The van der Waals surface area contributed by atoms with Crippen molar-refractivity contribution in [1.29, 1.82) is 0 Å². The van der Waals surface area contributed by atoms with Crippen LogP contribution in [-0.4, -0.2) is 24.0 Å². The Morgan fingerprint density at radius 3 is 2.45 bits per heavy atom. The molecule has 0 bridgehead atoms. The highest BCUT2D eigenvalue weighted by molar-refractivity contribution is 5.81. The van der Waals surface area contributed by atoms with Crippen molar-refractivity contribution >= 4 is 10.8 Å². The van der Waals surface area contributed by atoms with Gasteiger partial charge in [-0.2, -0.15) is 0 Å². The molecule has 1 aliphatic heterocycles. The Balaban J connectivity index is 1.55.